The lowest BCUT2D eigenvalue weighted by molar-refractivity contribution is 0.0731. The van der Waals surface area contributed by atoms with Crippen LogP contribution in [0.3, 0.4) is 0 Å². The number of carbonyl (C=O) groups excluding carboxylic acids is 2. The Balaban J connectivity index is 1.38. The van der Waals surface area contributed by atoms with Crippen LogP contribution in [0, 0.1) is 0 Å². The van der Waals surface area contributed by atoms with Gasteiger partial charge < -0.3 is 18.9 Å². The number of esters is 1. The number of para-hydroxylation sites is 2. The Labute approximate surface area is 190 Å². The summed E-state index contributed by atoms with van der Waals surface area (Å²) in [6.45, 7) is 1.92. The third kappa shape index (κ3) is 3.87. The van der Waals surface area contributed by atoms with E-state index in [0.717, 1.165) is 16.9 Å². The maximum absolute atomic E-state index is 12.9. The average molecular weight is 440 g/mol. The maximum atomic E-state index is 12.9. The van der Waals surface area contributed by atoms with Gasteiger partial charge in [-0.15, -0.1) is 0 Å². The van der Waals surface area contributed by atoms with Crippen LogP contribution in [0.5, 0.6) is 23.0 Å². The van der Waals surface area contributed by atoms with Crippen LogP contribution in [0.15, 0.2) is 84.1 Å². The summed E-state index contributed by atoms with van der Waals surface area (Å²) in [5.41, 5.74) is 2.48. The number of fused-ring (bicyclic) bond motifs is 2. The zero-order valence-corrected chi connectivity index (χ0v) is 18.0. The molecule has 0 unspecified atom stereocenters. The van der Waals surface area contributed by atoms with Crippen LogP contribution in [0.4, 0.5) is 0 Å². The Kier molecular flexibility index (Phi) is 5.18. The van der Waals surface area contributed by atoms with E-state index in [9.17, 15) is 9.59 Å². The summed E-state index contributed by atoms with van der Waals surface area (Å²) in [5.74, 6) is 1.21. The van der Waals surface area contributed by atoms with Crippen LogP contribution in [-0.4, -0.2) is 25.0 Å². The second-order valence-corrected chi connectivity index (χ2v) is 7.63. The minimum Gasteiger partial charge on any atom is -0.496 e. The highest BCUT2D eigenvalue weighted by atomic mass is 16.5. The molecule has 0 saturated heterocycles. The number of hydrogen-bond donors (Lipinski definition) is 0. The van der Waals surface area contributed by atoms with Gasteiger partial charge in [0.15, 0.2) is 5.76 Å². The number of Topliss-reactive ketones (excluding diaryl/α,β-unsaturated/α-hetero) is 1. The zero-order valence-electron chi connectivity index (χ0n) is 18.0. The van der Waals surface area contributed by atoms with Gasteiger partial charge in [0.2, 0.25) is 5.78 Å². The molecule has 0 fully saturated rings. The Bertz CT molecular complexity index is 1330. The van der Waals surface area contributed by atoms with E-state index in [1.165, 1.54) is 13.2 Å². The van der Waals surface area contributed by atoms with Crippen molar-refractivity contribution in [3.05, 3.63) is 101 Å². The van der Waals surface area contributed by atoms with E-state index < -0.39 is 5.97 Å². The molecule has 1 atom stereocenters. The number of methoxy groups -OCH3 is 1. The fourth-order valence-corrected chi connectivity index (χ4v) is 3.78. The lowest BCUT2D eigenvalue weighted by Gasteiger charge is -2.22. The summed E-state index contributed by atoms with van der Waals surface area (Å²) >= 11 is 0. The van der Waals surface area contributed by atoms with Crippen LogP contribution >= 0.6 is 0 Å². The number of hydrogen-bond acceptors (Lipinski definition) is 6. The highest BCUT2D eigenvalue weighted by Crippen LogP contribution is 2.37. The molecule has 3 aromatic rings. The van der Waals surface area contributed by atoms with Crippen molar-refractivity contribution < 1.29 is 28.5 Å². The summed E-state index contributed by atoms with van der Waals surface area (Å²) in [6.07, 6.45) is 3.45. The third-order valence-electron chi connectivity index (χ3n) is 5.49. The molecular formula is C27H20O6. The highest BCUT2D eigenvalue weighted by Gasteiger charge is 2.30. The van der Waals surface area contributed by atoms with Crippen molar-refractivity contribution in [2.24, 2.45) is 0 Å². The Morgan fingerprint density at radius 3 is 2.64 bits per heavy atom. The molecule has 6 nitrogen and oxygen atoms in total. The molecule has 0 aromatic heterocycles. The first-order valence-electron chi connectivity index (χ1n) is 10.4. The van der Waals surface area contributed by atoms with E-state index in [4.69, 9.17) is 18.9 Å². The van der Waals surface area contributed by atoms with Crippen molar-refractivity contribution in [1.29, 1.82) is 0 Å². The van der Waals surface area contributed by atoms with Gasteiger partial charge in [-0.1, -0.05) is 30.3 Å². The zero-order chi connectivity index (χ0) is 22.9. The molecule has 0 saturated carbocycles. The van der Waals surface area contributed by atoms with Crippen molar-refractivity contribution in [2.75, 3.05) is 7.11 Å². The first-order valence-corrected chi connectivity index (χ1v) is 10.4. The van der Waals surface area contributed by atoms with Crippen molar-refractivity contribution >= 4 is 17.8 Å². The molecule has 2 heterocycles. The minimum absolute atomic E-state index is 0.194. The van der Waals surface area contributed by atoms with Crippen LogP contribution in [-0.2, 0) is 0 Å². The molecule has 0 aliphatic carbocycles. The largest absolute Gasteiger partial charge is 0.496 e. The third-order valence-corrected chi connectivity index (χ3v) is 5.49. The molecule has 0 N–H and O–H groups in total. The second-order valence-electron chi connectivity index (χ2n) is 7.63. The van der Waals surface area contributed by atoms with Gasteiger partial charge in [0.25, 0.3) is 0 Å². The SMILES string of the molecule is COc1ccccc1C(=O)Oc1ccc2c(c1)OC(=CC1=Cc3ccccc3O[C@H]1C)C2=O. The van der Waals surface area contributed by atoms with Crippen molar-refractivity contribution in [3.63, 3.8) is 0 Å². The van der Waals surface area contributed by atoms with E-state index in [2.05, 4.69) is 0 Å². The molecule has 0 spiro atoms. The van der Waals surface area contributed by atoms with Crippen molar-refractivity contribution in [1.82, 2.24) is 0 Å². The molecule has 0 amide bonds. The van der Waals surface area contributed by atoms with Crippen LogP contribution in [0.2, 0.25) is 0 Å². The fourth-order valence-electron chi connectivity index (χ4n) is 3.78. The van der Waals surface area contributed by atoms with E-state index in [1.807, 2.05) is 37.3 Å². The number of rotatable bonds is 4. The van der Waals surface area contributed by atoms with Gasteiger partial charge in [-0.05, 0) is 55.0 Å². The monoisotopic (exact) mass is 440 g/mol. The minimum atomic E-state index is -0.565. The number of allylic oxidation sites excluding steroid dienone is 1. The van der Waals surface area contributed by atoms with Gasteiger partial charge in [-0.25, -0.2) is 4.79 Å². The molecule has 33 heavy (non-hydrogen) atoms. The van der Waals surface area contributed by atoms with Crippen molar-refractivity contribution in [2.45, 2.75) is 13.0 Å². The Morgan fingerprint density at radius 2 is 1.79 bits per heavy atom. The lowest BCUT2D eigenvalue weighted by Crippen LogP contribution is -2.18. The van der Waals surface area contributed by atoms with E-state index in [1.54, 1.807) is 42.5 Å². The van der Waals surface area contributed by atoms with Crippen LogP contribution in [0.1, 0.15) is 33.2 Å². The summed E-state index contributed by atoms with van der Waals surface area (Å²) in [6, 6.07) is 19.2. The molecule has 0 radical (unpaired) electrons. The van der Waals surface area contributed by atoms with Gasteiger partial charge >= 0.3 is 5.97 Å². The Morgan fingerprint density at radius 1 is 1.00 bits per heavy atom. The van der Waals surface area contributed by atoms with Crippen LogP contribution < -0.4 is 18.9 Å². The number of ketones is 1. The lowest BCUT2D eigenvalue weighted by atomic mass is 10.0. The molecule has 6 heteroatoms. The first-order chi connectivity index (χ1) is 16.0. The number of benzene rings is 3. The van der Waals surface area contributed by atoms with Crippen LogP contribution in [0.25, 0.3) is 6.08 Å². The van der Waals surface area contributed by atoms with Gasteiger partial charge in [0, 0.05) is 11.6 Å². The van der Waals surface area contributed by atoms with E-state index >= 15 is 0 Å². The number of carbonyl (C=O) groups is 2. The standard InChI is InChI=1S/C27H20O6/c1-16-18(13-17-7-3-5-9-22(17)31-16)14-25-26(28)20-12-11-19(15-24(20)33-25)32-27(29)21-8-4-6-10-23(21)30-2/h3-16H,1-2H3/t16-/m0/s1. The fraction of sp³-hybridized carbons (Fsp3) is 0.111. The average Bonchev–Trinajstić information content (AvgIpc) is 3.13. The molecule has 5 rings (SSSR count). The molecule has 164 valence electrons. The topological polar surface area (TPSA) is 71.1 Å². The molecular weight excluding hydrogens is 420 g/mol. The second kappa shape index (κ2) is 8.31. The van der Waals surface area contributed by atoms with Gasteiger partial charge in [-0.2, -0.15) is 0 Å². The predicted molar refractivity (Wildman–Crippen MR) is 122 cm³/mol. The van der Waals surface area contributed by atoms with E-state index in [0.29, 0.717) is 22.6 Å². The molecule has 2 aliphatic heterocycles. The molecule has 0 bridgehead atoms. The number of ether oxygens (including phenoxy) is 4. The van der Waals surface area contributed by atoms with Gasteiger partial charge in [0.05, 0.1) is 12.7 Å². The first kappa shape index (κ1) is 20.6. The summed E-state index contributed by atoms with van der Waals surface area (Å²) in [7, 11) is 1.49. The molecule has 3 aromatic carbocycles. The summed E-state index contributed by atoms with van der Waals surface area (Å²) in [5, 5.41) is 0. The van der Waals surface area contributed by atoms with Gasteiger partial charge in [0.1, 0.15) is 34.7 Å². The Hall–Kier alpha value is -4.32. The normalized spacial score (nSPS) is 17.4. The highest BCUT2D eigenvalue weighted by molar-refractivity contribution is 6.12. The predicted octanol–water partition coefficient (Wildman–Crippen LogP) is 5.24. The summed E-state index contributed by atoms with van der Waals surface area (Å²) in [4.78, 5) is 25.5. The van der Waals surface area contributed by atoms with E-state index in [-0.39, 0.29) is 23.4 Å². The molecule has 2 aliphatic rings. The van der Waals surface area contributed by atoms with Gasteiger partial charge in [-0.3, -0.25) is 4.79 Å². The quantitative estimate of drug-likeness (QED) is 0.314. The smallest absolute Gasteiger partial charge is 0.347 e. The summed E-state index contributed by atoms with van der Waals surface area (Å²) < 4.78 is 22.5. The van der Waals surface area contributed by atoms with Crippen molar-refractivity contribution in [3.8, 4) is 23.0 Å². The maximum Gasteiger partial charge on any atom is 0.347 e.